The van der Waals surface area contributed by atoms with Gasteiger partial charge in [0.1, 0.15) is 0 Å². The van der Waals surface area contributed by atoms with Gasteiger partial charge in [-0.25, -0.2) is 4.39 Å². The average Bonchev–Trinajstić information content (AvgIpc) is 2.28. The third-order valence-corrected chi connectivity index (χ3v) is 2.16. The lowest BCUT2D eigenvalue weighted by Crippen LogP contribution is -2.28. The van der Waals surface area contributed by atoms with Gasteiger partial charge < -0.3 is 9.64 Å². The van der Waals surface area contributed by atoms with Crippen LogP contribution in [0.25, 0.3) is 0 Å². The van der Waals surface area contributed by atoms with Gasteiger partial charge in [-0.3, -0.25) is 0 Å². The van der Waals surface area contributed by atoms with E-state index in [0.717, 1.165) is 39.3 Å². The molecule has 1 saturated heterocycles. The minimum absolute atomic E-state index is 0.653. The predicted octanol–water partition coefficient (Wildman–Crippen LogP) is 1.46. The number of rotatable bonds is 3. The van der Waals surface area contributed by atoms with Gasteiger partial charge in [-0.15, -0.1) is 0 Å². The monoisotopic (exact) mass is 175 g/mol. The fraction of sp³-hybridized carbons (Fsp3) is 1.00. The topological polar surface area (TPSA) is 12.5 Å². The zero-order valence-electron chi connectivity index (χ0n) is 7.76. The minimum atomic E-state index is -0.672. The molecule has 0 aromatic carbocycles. The Hall–Kier alpha value is -0.150. The molecular weight excluding hydrogens is 157 g/mol. The first-order valence-electron chi connectivity index (χ1n) is 4.73. The lowest BCUT2D eigenvalue weighted by molar-refractivity contribution is 0.139. The van der Waals surface area contributed by atoms with Crippen LogP contribution in [0.4, 0.5) is 4.39 Å². The molecule has 0 amide bonds. The lowest BCUT2D eigenvalue weighted by Gasteiger charge is -2.18. The quantitative estimate of drug-likeness (QED) is 0.644. The van der Waals surface area contributed by atoms with Crippen molar-refractivity contribution in [2.45, 2.75) is 25.9 Å². The molecule has 1 aliphatic rings. The normalized spacial score (nSPS) is 23.5. The molecule has 1 aliphatic heterocycles. The summed E-state index contributed by atoms with van der Waals surface area (Å²) in [5.41, 5.74) is 0. The van der Waals surface area contributed by atoms with Gasteiger partial charge in [-0.2, -0.15) is 0 Å². The van der Waals surface area contributed by atoms with E-state index < -0.39 is 6.17 Å². The summed E-state index contributed by atoms with van der Waals surface area (Å²) in [5.74, 6) is 0. The van der Waals surface area contributed by atoms with Crippen molar-refractivity contribution in [3.8, 4) is 0 Å². The number of alkyl halides is 1. The summed E-state index contributed by atoms with van der Waals surface area (Å²) < 4.78 is 17.8. The standard InChI is InChI=1S/C9H18FNO/c1-9(10)3-5-11-4-2-7-12-8-6-11/h9H,2-8H2,1H3. The van der Waals surface area contributed by atoms with Crippen LogP contribution >= 0.6 is 0 Å². The van der Waals surface area contributed by atoms with Crippen molar-refractivity contribution < 1.29 is 9.13 Å². The maximum Gasteiger partial charge on any atom is 0.0985 e. The smallest absolute Gasteiger partial charge is 0.0985 e. The van der Waals surface area contributed by atoms with Crippen LogP contribution in [-0.2, 0) is 4.74 Å². The molecular formula is C9H18FNO. The molecule has 1 fully saturated rings. The van der Waals surface area contributed by atoms with Gasteiger partial charge in [0.15, 0.2) is 0 Å². The summed E-state index contributed by atoms with van der Waals surface area (Å²) in [6.07, 6.45) is 1.06. The van der Waals surface area contributed by atoms with Gasteiger partial charge in [0.05, 0.1) is 12.8 Å². The molecule has 3 heteroatoms. The van der Waals surface area contributed by atoms with E-state index in [1.54, 1.807) is 6.92 Å². The first-order chi connectivity index (χ1) is 5.79. The molecule has 1 atom stereocenters. The second kappa shape index (κ2) is 5.49. The van der Waals surface area contributed by atoms with Crippen LogP contribution in [0.2, 0.25) is 0 Å². The summed E-state index contributed by atoms with van der Waals surface area (Å²) in [6, 6.07) is 0. The number of nitrogens with zero attached hydrogens (tertiary/aromatic N) is 1. The largest absolute Gasteiger partial charge is 0.380 e. The van der Waals surface area contributed by atoms with Crippen LogP contribution in [0.3, 0.4) is 0 Å². The summed E-state index contributed by atoms with van der Waals surface area (Å²) >= 11 is 0. The number of hydrogen-bond donors (Lipinski definition) is 0. The molecule has 0 N–H and O–H groups in total. The van der Waals surface area contributed by atoms with Crippen LogP contribution in [0.15, 0.2) is 0 Å². The fourth-order valence-electron chi connectivity index (χ4n) is 1.38. The second-order valence-electron chi connectivity index (χ2n) is 3.38. The van der Waals surface area contributed by atoms with E-state index in [2.05, 4.69) is 4.90 Å². The highest BCUT2D eigenvalue weighted by atomic mass is 19.1. The highest BCUT2D eigenvalue weighted by Crippen LogP contribution is 2.03. The van der Waals surface area contributed by atoms with Gasteiger partial charge in [0.2, 0.25) is 0 Å². The van der Waals surface area contributed by atoms with Crippen LogP contribution in [0, 0.1) is 0 Å². The molecule has 0 spiro atoms. The lowest BCUT2D eigenvalue weighted by atomic mass is 10.3. The molecule has 0 aliphatic carbocycles. The molecule has 0 aromatic rings. The molecule has 0 radical (unpaired) electrons. The Labute approximate surface area is 73.7 Å². The SMILES string of the molecule is CC(F)CCN1CCCOCC1. The van der Waals surface area contributed by atoms with Crippen molar-refractivity contribution in [3.05, 3.63) is 0 Å². The van der Waals surface area contributed by atoms with Crippen molar-refractivity contribution in [1.29, 1.82) is 0 Å². The number of ether oxygens (including phenoxy) is 1. The fourth-order valence-corrected chi connectivity index (χ4v) is 1.38. The Kier molecular flexibility index (Phi) is 4.54. The molecule has 1 rings (SSSR count). The van der Waals surface area contributed by atoms with Crippen molar-refractivity contribution in [2.24, 2.45) is 0 Å². The van der Waals surface area contributed by atoms with Crippen LogP contribution < -0.4 is 0 Å². The Morgan fingerprint density at radius 2 is 2.25 bits per heavy atom. The predicted molar refractivity (Wildman–Crippen MR) is 47.1 cm³/mol. The summed E-state index contributed by atoms with van der Waals surface area (Å²) in [5, 5.41) is 0. The van der Waals surface area contributed by atoms with Gasteiger partial charge >= 0.3 is 0 Å². The van der Waals surface area contributed by atoms with Crippen molar-refractivity contribution in [1.82, 2.24) is 4.90 Å². The van der Waals surface area contributed by atoms with Crippen molar-refractivity contribution in [2.75, 3.05) is 32.8 Å². The number of hydrogen-bond acceptors (Lipinski definition) is 2. The summed E-state index contributed by atoms with van der Waals surface area (Å²) in [6.45, 7) is 6.19. The molecule has 0 saturated carbocycles. The molecule has 2 nitrogen and oxygen atoms in total. The highest BCUT2D eigenvalue weighted by Gasteiger charge is 2.09. The molecule has 12 heavy (non-hydrogen) atoms. The van der Waals surface area contributed by atoms with E-state index in [-0.39, 0.29) is 0 Å². The summed E-state index contributed by atoms with van der Waals surface area (Å²) in [4.78, 5) is 2.28. The minimum Gasteiger partial charge on any atom is -0.380 e. The third-order valence-electron chi connectivity index (χ3n) is 2.16. The zero-order chi connectivity index (χ0) is 8.81. The van der Waals surface area contributed by atoms with Gasteiger partial charge in [0, 0.05) is 26.2 Å². The first-order valence-corrected chi connectivity index (χ1v) is 4.73. The molecule has 1 heterocycles. The molecule has 0 aromatic heterocycles. The second-order valence-corrected chi connectivity index (χ2v) is 3.38. The van der Waals surface area contributed by atoms with E-state index in [4.69, 9.17) is 4.74 Å². The molecule has 72 valence electrons. The van der Waals surface area contributed by atoms with Crippen molar-refractivity contribution in [3.63, 3.8) is 0 Å². The average molecular weight is 175 g/mol. The first kappa shape index (κ1) is 9.93. The zero-order valence-corrected chi connectivity index (χ0v) is 7.76. The van der Waals surface area contributed by atoms with Crippen molar-refractivity contribution >= 4 is 0 Å². The highest BCUT2D eigenvalue weighted by molar-refractivity contribution is 4.62. The van der Waals surface area contributed by atoms with Crippen LogP contribution in [0.1, 0.15) is 19.8 Å². The molecule has 1 unspecified atom stereocenters. The van der Waals surface area contributed by atoms with Gasteiger partial charge in [0.25, 0.3) is 0 Å². The van der Waals surface area contributed by atoms with E-state index in [1.807, 2.05) is 0 Å². The third kappa shape index (κ3) is 4.02. The molecule has 0 bridgehead atoms. The number of halogens is 1. The Morgan fingerprint density at radius 3 is 3.00 bits per heavy atom. The van der Waals surface area contributed by atoms with Crippen LogP contribution in [-0.4, -0.2) is 43.9 Å². The van der Waals surface area contributed by atoms with E-state index >= 15 is 0 Å². The van der Waals surface area contributed by atoms with Gasteiger partial charge in [-0.05, 0) is 19.8 Å². The Morgan fingerprint density at radius 1 is 1.42 bits per heavy atom. The van der Waals surface area contributed by atoms with E-state index in [1.165, 1.54) is 0 Å². The van der Waals surface area contributed by atoms with E-state index in [9.17, 15) is 4.39 Å². The van der Waals surface area contributed by atoms with Crippen LogP contribution in [0.5, 0.6) is 0 Å². The van der Waals surface area contributed by atoms with E-state index in [0.29, 0.717) is 6.42 Å². The maximum atomic E-state index is 12.5. The maximum absolute atomic E-state index is 12.5. The Balaban J connectivity index is 2.12. The summed E-state index contributed by atoms with van der Waals surface area (Å²) in [7, 11) is 0. The Bertz CT molecular complexity index is 111. The van der Waals surface area contributed by atoms with Gasteiger partial charge in [-0.1, -0.05) is 0 Å².